The molecule has 84 valence electrons. The Hall–Kier alpha value is -1.24. The van der Waals surface area contributed by atoms with E-state index in [0.717, 1.165) is 18.4 Å². The van der Waals surface area contributed by atoms with Gasteiger partial charge in [0.15, 0.2) is 11.5 Å². The molecule has 1 aliphatic carbocycles. The monoisotopic (exact) mass is 221 g/mol. The third kappa shape index (κ3) is 1.31. The molecule has 5 nitrogen and oxygen atoms in total. The van der Waals surface area contributed by atoms with Crippen LogP contribution in [0.2, 0.25) is 0 Å². The molecule has 1 aromatic carbocycles. The quantitative estimate of drug-likeness (QED) is 0.560. The predicted octanol–water partition coefficient (Wildman–Crippen LogP) is -0.957. The van der Waals surface area contributed by atoms with Crippen LogP contribution in [0.1, 0.15) is 18.4 Å². The third-order valence-electron chi connectivity index (χ3n) is 3.16. The minimum atomic E-state index is -1.59. The molecule has 6 heteroatoms. The molecule has 0 spiro atoms. The van der Waals surface area contributed by atoms with E-state index in [1.54, 1.807) is 12.1 Å². The zero-order valence-electron chi connectivity index (χ0n) is 8.64. The summed E-state index contributed by atoms with van der Waals surface area (Å²) in [6, 6.07) is 3.55. The van der Waals surface area contributed by atoms with Crippen LogP contribution in [0.5, 0.6) is 11.5 Å². The molecule has 1 aromatic rings. The van der Waals surface area contributed by atoms with E-state index in [2.05, 4.69) is 0 Å². The van der Waals surface area contributed by atoms with Crippen molar-refractivity contribution in [3.05, 3.63) is 17.7 Å². The van der Waals surface area contributed by atoms with Crippen LogP contribution in [0.25, 0.3) is 0 Å². The van der Waals surface area contributed by atoms with Crippen molar-refractivity contribution in [2.45, 2.75) is 18.4 Å². The normalized spacial score (nSPS) is 19.7. The summed E-state index contributed by atoms with van der Waals surface area (Å²) in [6.07, 6.45) is 1.71. The van der Waals surface area contributed by atoms with Gasteiger partial charge in [0.25, 0.3) is 0 Å². The number of benzene rings is 1. The fourth-order valence-electron chi connectivity index (χ4n) is 2.09. The van der Waals surface area contributed by atoms with Gasteiger partial charge in [0.2, 0.25) is 6.79 Å². The molecule has 1 heterocycles. The van der Waals surface area contributed by atoms with Crippen LogP contribution in [-0.2, 0) is 5.54 Å². The van der Waals surface area contributed by atoms with Crippen LogP contribution in [0.4, 0.5) is 0 Å². The van der Waals surface area contributed by atoms with E-state index < -0.39 is 12.7 Å². The molecular weight excluding hydrogens is 209 g/mol. The van der Waals surface area contributed by atoms with Crippen molar-refractivity contribution in [2.75, 3.05) is 6.79 Å². The highest BCUT2D eigenvalue weighted by Crippen LogP contribution is 2.44. The Bertz CT molecular complexity index is 445. The van der Waals surface area contributed by atoms with Crippen LogP contribution in [-0.4, -0.2) is 24.0 Å². The summed E-state index contributed by atoms with van der Waals surface area (Å²) in [5.41, 5.74) is 6.74. The first-order valence-electron chi connectivity index (χ1n) is 5.20. The van der Waals surface area contributed by atoms with E-state index in [1.807, 2.05) is 0 Å². The molecule has 0 unspecified atom stereocenters. The molecular formula is C10H12BNO4. The molecule has 1 saturated carbocycles. The van der Waals surface area contributed by atoms with Crippen molar-refractivity contribution in [3.63, 3.8) is 0 Å². The highest BCUT2D eigenvalue weighted by Gasteiger charge is 2.45. The zero-order valence-corrected chi connectivity index (χ0v) is 8.64. The summed E-state index contributed by atoms with van der Waals surface area (Å²) in [6.45, 7) is 0.107. The standard InChI is InChI=1S/C10H12BNO4/c12-10(3-4-10)6-1-2-7-9(16-5-15-7)8(6)11(13)14/h1-2,13-14H,3-5,12H2. The molecule has 1 fully saturated rings. The van der Waals surface area contributed by atoms with Gasteiger partial charge in [-0.2, -0.15) is 0 Å². The summed E-state index contributed by atoms with van der Waals surface area (Å²) >= 11 is 0. The van der Waals surface area contributed by atoms with Crippen molar-refractivity contribution in [2.24, 2.45) is 5.73 Å². The molecule has 4 N–H and O–H groups in total. The maximum absolute atomic E-state index is 9.42. The molecule has 16 heavy (non-hydrogen) atoms. The Morgan fingerprint density at radius 1 is 1.25 bits per heavy atom. The summed E-state index contributed by atoms with van der Waals surface area (Å²) in [4.78, 5) is 0. The van der Waals surface area contributed by atoms with Gasteiger partial charge in [-0.25, -0.2) is 0 Å². The fraction of sp³-hybridized carbons (Fsp3) is 0.400. The van der Waals surface area contributed by atoms with Gasteiger partial charge >= 0.3 is 7.12 Å². The molecule has 0 atom stereocenters. The Morgan fingerprint density at radius 2 is 2.00 bits per heavy atom. The molecule has 1 aliphatic heterocycles. The SMILES string of the molecule is NC1(c2ccc3c(c2B(O)O)OCO3)CC1. The summed E-state index contributed by atoms with van der Waals surface area (Å²) < 4.78 is 10.4. The van der Waals surface area contributed by atoms with E-state index in [1.165, 1.54) is 0 Å². The van der Waals surface area contributed by atoms with E-state index in [0.29, 0.717) is 17.0 Å². The highest BCUT2D eigenvalue weighted by atomic mass is 16.7. The van der Waals surface area contributed by atoms with E-state index in [4.69, 9.17) is 15.2 Å². The molecule has 0 aromatic heterocycles. The Morgan fingerprint density at radius 3 is 2.62 bits per heavy atom. The third-order valence-corrected chi connectivity index (χ3v) is 3.16. The van der Waals surface area contributed by atoms with Crippen LogP contribution >= 0.6 is 0 Å². The number of nitrogens with two attached hydrogens (primary N) is 1. The predicted molar refractivity (Wildman–Crippen MR) is 57.5 cm³/mol. The zero-order chi connectivity index (χ0) is 11.3. The first-order valence-corrected chi connectivity index (χ1v) is 5.20. The van der Waals surface area contributed by atoms with Gasteiger partial charge < -0.3 is 25.3 Å². The molecule has 0 amide bonds. The van der Waals surface area contributed by atoms with Crippen molar-refractivity contribution >= 4 is 12.6 Å². The lowest BCUT2D eigenvalue weighted by molar-refractivity contribution is 0.174. The lowest BCUT2D eigenvalue weighted by atomic mass is 9.74. The van der Waals surface area contributed by atoms with Crippen LogP contribution in [0, 0.1) is 0 Å². The number of rotatable bonds is 2. The minimum Gasteiger partial charge on any atom is -0.454 e. The molecule has 0 saturated heterocycles. The second kappa shape index (κ2) is 3.13. The highest BCUT2D eigenvalue weighted by molar-refractivity contribution is 6.60. The fourth-order valence-corrected chi connectivity index (χ4v) is 2.09. The molecule has 2 aliphatic rings. The van der Waals surface area contributed by atoms with Crippen LogP contribution in [0.15, 0.2) is 12.1 Å². The number of hydrogen-bond acceptors (Lipinski definition) is 5. The van der Waals surface area contributed by atoms with Gasteiger partial charge in [-0.15, -0.1) is 0 Å². The van der Waals surface area contributed by atoms with E-state index in [-0.39, 0.29) is 6.79 Å². The Balaban J connectivity index is 2.18. The largest absolute Gasteiger partial charge is 0.492 e. The van der Waals surface area contributed by atoms with Crippen molar-refractivity contribution in [1.29, 1.82) is 0 Å². The topological polar surface area (TPSA) is 84.9 Å². The van der Waals surface area contributed by atoms with Gasteiger partial charge in [0.1, 0.15) is 0 Å². The molecule has 0 bridgehead atoms. The van der Waals surface area contributed by atoms with Gasteiger partial charge in [0.05, 0.1) is 0 Å². The van der Waals surface area contributed by atoms with Gasteiger partial charge in [-0.1, -0.05) is 6.07 Å². The van der Waals surface area contributed by atoms with Crippen molar-refractivity contribution < 1.29 is 19.5 Å². The average Bonchev–Trinajstić information content (AvgIpc) is 2.82. The number of ether oxygens (including phenoxy) is 2. The second-order valence-electron chi connectivity index (χ2n) is 4.29. The van der Waals surface area contributed by atoms with E-state index in [9.17, 15) is 10.0 Å². The smallest absolute Gasteiger partial charge is 0.454 e. The average molecular weight is 221 g/mol. The van der Waals surface area contributed by atoms with Gasteiger partial charge in [-0.05, 0) is 24.5 Å². The second-order valence-corrected chi connectivity index (χ2v) is 4.29. The summed E-state index contributed by atoms with van der Waals surface area (Å²) in [5, 5.41) is 18.8. The Labute approximate surface area is 92.9 Å². The van der Waals surface area contributed by atoms with Crippen molar-refractivity contribution in [1.82, 2.24) is 0 Å². The molecule has 3 rings (SSSR count). The lowest BCUT2D eigenvalue weighted by Crippen LogP contribution is -2.39. The van der Waals surface area contributed by atoms with Crippen LogP contribution in [0.3, 0.4) is 0 Å². The number of hydrogen-bond donors (Lipinski definition) is 3. The minimum absolute atomic E-state index is 0.107. The van der Waals surface area contributed by atoms with Crippen molar-refractivity contribution in [3.8, 4) is 11.5 Å². The van der Waals surface area contributed by atoms with Gasteiger partial charge in [-0.3, -0.25) is 0 Å². The number of fused-ring (bicyclic) bond motifs is 1. The van der Waals surface area contributed by atoms with E-state index >= 15 is 0 Å². The van der Waals surface area contributed by atoms with Crippen LogP contribution < -0.4 is 20.7 Å². The molecule has 0 radical (unpaired) electrons. The lowest BCUT2D eigenvalue weighted by Gasteiger charge is -2.16. The maximum Gasteiger partial charge on any atom is 0.492 e. The first-order chi connectivity index (χ1) is 7.62. The first kappa shape index (κ1) is 9.95. The maximum atomic E-state index is 9.42. The Kier molecular flexibility index (Phi) is 1.95. The summed E-state index contributed by atoms with van der Waals surface area (Å²) in [7, 11) is -1.59. The summed E-state index contributed by atoms with van der Waals surface area (Å²) in [5.74, 6) is 0.945. The van der Waals surface area contributed by atoms with Gasteiger partial charge in [0, 0.05) is 11.0 Å².